The van der Waals surface area contributed by atoms with Crippen LogP contribution in [-0.2, 0) is 5.75 Å². The lowest BCUT2D eigenvalue weighted by molar-refractivity contribution is -0.393. The number of aromatic nitrogens is 3. The van der Waals surface area contributed by atoms with E-state index in [0.29, 0.717) is 15.7 Å². The molecule has 0 aliphatic heterocycles. The molecule has 0 bridgehead atoms. The number of thioether (sulfide) groups is 1. The van der Waals surface area contributed by atoms with Gasteiger partial charge in [-0.2, -0.15) is 9.38 Å². The average Bonchev–Trinajstić information content (AvgIpc) is 3.02. The number of fused-ring (bicyclic) bond motifs is 1. The summed E-state index contributed by atoms with van der Waals surface area (Å²) >= 11 is 2.70. The molecule has 0 atom stereocenters. The van der Waals surface area contributed by atoms with Gasteiger partial charge in [0.25, 0.3) is 4.96 Å². The zero-order valence-corrected chi connectivity index (χ0v) is 12.3. The van der Waals surface area contributed by atoms with Crippen LogP contribution in [0.2, 0.25) is 0 Å². The van der Waals surface area contributed by atoms with Crippen molar-refractivity contribution in [1.29, 1.82) is 0 Å². The minimum absolute atomic E-state index is 0.0120. The van der Waals surface area contributed by atoms with Crippen molar-refractivity contribution in [2.24, 2.45) is 0 Å². The highest BCUT2D eigenvalue weighted by Crippen LogP contribution is 2.34. The Kier molecular flexibility index (Phi) is 3.22. The van der Waals surface area contributed by atoms with Gasteiger partial charge >= 0.3 is 5.82 Å². The number of rotatable bonds is 4. The summed E-state index contributed by atoms with van der Waals surface area (Å²) in [5, 5.41) is 17.3. The molecule has 3 heterocycles. The van der Waals surface area contributed by atoms with Crippen molar-refractivity contribution in [2.75, 3.05) is 0 Å². The van der Waals surface area contributed by atoms with E-state index in [4.69, 9.17) is 4.52 Å². The van der Waals surface area contributed by atoms with Crippen LogP contribution in [0.4, 0.5) is 5.82 Å². The van der Waals surface area contributed by atoms with Crippen molar-refractivity contribution >= 4 is 33.9 Å². The second-order valence-corrected chi connectivity index (χ2v) is 5.98. The predicted molar refractivity (Wildman–Crippen MR) is 75.3 cm³/mol. The van der Waals surface area contributed by atoms with Gasteiger partial charge in [-0.25, -0.2) is 0 Å². The standard InChI is InChI=1S/C11H10N4O3S2/c1-6-8(7(2)18-13-6)5-20-9-10(15(16)17)14-3-4-19-11(14)12-9/h3-4H,5H2,1-2H3. The first kappa shape index (κ1) is 13.1. The van der Waals surface area contributed by atoms with E-state index in [9.17, 15) is 10.1 Å². The molecule has 0 radical (unpaired) electrons. The molecule has 0 unspecified atom stereocenters. The summed E-state index contributed by atoms with van der Waals surface area (Å²) in [6, 6.07) is 0. The van der Waals surface area contributed by atoms with Crippen LogP contribution in [0.3, 0.4) is 0 Å². The molecule has 3 aromatic rings. The molecular weight excluding hydrogens is 300 g/mol. The van der Waals surface area contributed by atoms with Gasteiger partial charge in [0, 0.05) is 16.7 Å². The van der Waals surface area contributed by atoms with Crippen molar-refractivity contribution in [3.05, 3.63) is 38.7 Å². The first-order valence-electron chi connectivity index (χ1n) is 5.72. The maximum absolute atomic E-state index is 11.2. The average molecular weight is 310 g/mol. The van der Waals surface area contributed by atoms with Gasteiger partial charge in [0.05, 0.1) is 5.69 Å². The predicted octanol–water partition coefficient (Wildman–Crippen LogP) is 3.20. The molecule has 0 fully saturated rings. The smallest absolute Gasteiger partial charge is 0.361 e. The van der Waals surface area contributed by atoms with Crippen LogP contribution in [-0.4, -0.2) is 19.5 Å². The third-order valence-electron chi connectivity index (χ3n) is 2.91. The molecule has 3 aromatic heterocycles. The molecule has 0 aliphatic carbocycles. The van der Waals surface area contributed by atoms with E-state index in [-0.39, 0.29) is 5.82 Å². The highest BCUT2D eigenvalue weighted by atomic mass is 32.2. The maximum atomic E-state index is 11.2. The molecule has 9 heteroatoms. The second-order valence-electron chi connectivity index (χ2n) is 4.14. The first-order valence-corrected chi connectivity index (χ1v) is 7.59. The Morgan fingerprint density at radius 3 is 3.00 bits per heavy atom. The van der Waals surface area contributed by atoms with Crippen LogP contribution in [0.5, 0.6) is 0 Å². The number of hydrogen-bond acceptors (Lipinski definition) is 7. The third kappa shape index (κ3) is 2.08. The zero-order chi connectivity index (χ0) is 14.3. The molecule has 0 amide bonds. The van der Waals surface area contributed by atoms with Gasteiger partial charge in [-0.15, -0.1) is 0 Å². The van der Waals surface area contributed by atoms with Crippen LogP contribution in [0.15, 0.2) is 21.1 Å². The Morgan fingerprint density at radius 2 is 2.35 bits per heavy atom. The Morgan fingerprint density at radius 1 is 1.55 bits per heavy atom. The van der Waals surface area contributed by atoms with Crippen LogP contribution in [0.25, 0.3) is 4.96 Å². The number of imidazole rings is 1. The molecule has 3 rings (SSSR count). The Balaban J connectivity index is 1.93. The zero-order valence-electron chi connectivity index (χ0n) is 10.7. The summed E-state index contributed by atoms with van der Waals surface area (Å²) in [6.07, 6.45) is 1.66. The van der Waals surface area contributed by atoms with Crippen molar-refractivity contribution in [2.45, 2.75) is 24.6 Å². The molecular formula is C11H10N4O3S2. The molecule has 0 saturated heterocycles. The van der Waals surface area contributed by atoms with Gasteiger partial charge in [-0.05, 0) is 18.8 Å². The van der Waals surface area contributed by atoms with Crippen LogP contribution >= 0.6 is 23.1 Å². The number of nitro groups is 1. The highest BCUT2D eigenvalue weighted by molar-refractivity contribution is 7.98. The van der Waals surface area contributed by atoms with Gasteiger partial charge in [0.15, 0.2) is 5.03 Å². The SMILES string of the molecule is Cc1noc(C)c1CSc1nc2sccn2c1[N+](=O)[O-]. The fraction of sp³-hybridized carbons (Fsp3) is 0.273. The van der Waals surface area contributed by atoms with Crippen LogP contribution in [0.1, 0.15) is 17.0 Å². The molecule has 104 valence electrons. The van der Waals surface area contributed by atoms with Crippen LogP contribution in [0, 0.1) is 24.0 Å². The summed E-state index contributed by atoms with van der Waals surface area (Å²) in [5.74, 6) is 1.30. The molecule has 0 spiro atoms. The summed E-state index contributed by atoms with van der Waals surface area (Å²) in [4.78, 5) is 15.7. The van der Waals surface area contributed by atoms with E-state index < -0.39 is 4.92 Å². The van der Waals surface area contributed by atoms with Crippen molar-refractivity contribution < 1.29 is 9.45 Å². The Bertz CT molecular complexity index is 769. The van der Waals surface area contributed by atoms with E-state index >= 15 is 0 Å². The molecule has 20 heavy (non-hydrogen) atoms. The molecule has 0 aliphatic rings. The fourth-order valence-electron chi connectivity index (χ4n) is 1.87. The van der Waals surface area contributed by atoms with Crippen molar-refractivity contribution in [3.8, 4) is 0 Å². The quantitative estimate of drug-likeness (QED) is 0.418. The number of hydrogen-bond donors (Lipinski definition) is 0. The summed E-state index contributed by atoms with van der Waals surface area (Å²) in [5.41, 5.74) is 1.76. The van der Waals surface area contributed by atoms with Gasteiger partial charge in [-0.1, -0.05) is 28.3 Å². The lowest BCUT2D eigenvalue weighted by Crippen LogP contribution is -1.94. The summed E-state index contributed by atoms with van der Waals surface area (Å²) in [6.45, 7) is 3.68. The topological polar surface area (TPSA) is 86.5 Å². The van der Waals surface area contributed by atoms with Crippen LogP contribution < -0.4 is 0 Å². The maximum Gasteiger partial charge on any atom is 0.362 e. The molecule has 0 N–H and O–H groups in total. The van der Waals surface area contributed by atoms with Crippen molar-refractivity contribution in [1.82, 2.24) is 14.5 Å². The molecule has 0 aromatic carbocycles. The molecule has 7 nitrogen and oxygen atoms in total. The monoisotopic (exact) mass is 310 g/mol. The largest absolute Gasteiger partial charge is 0.362 e. The van der Waals surface area contributed by atoms with Gasteiger partial charge in [-0.3, -0.25) is 0 Å². The van der Waals surface area contributed by atoms with Gasteiger partial charge < -0.3 is 14.6 Å². The van der Waals surface area contributed by atoms with E-state index in [0.717, 1.165) is 17.0 Å². The number of thiazole rings is 1. The van der Waals surface area contributed by atoms with E-state index in [1.807, 2.05) is 13.8 Å². The number of nitrogens with zero attached hydrogens (tertiary/aromatic N) is 4. The molecule has 0 saturated carbocycles. The second kappa shape index (κ2) is 4.91. The minimum Gasteiger partial charge on any atom is -0.361 e. The lowest BCUT2D eigenvalue weighted by Gasteiger charge is -1.98. The van der Waals surface area contributed by atoms with Crippen molar-refractivity contribution in [3.63, 3.8) is 0 Å². The minimum atomic E-state index is -0.400. The summed E-state index contributed by atoms with van der Waals surface area (Å²) < 4.78 is 6.58. The summed E-state index contributed by atoms with van der Waals surface area (Å²) in [7, 11) is 0. The van der Waals surface area contributed by atoms with E-state index in [1.54, 1.807) is 11.6 Å². The fourth-order valence-corrected chi connectivity index (χ4v) is 3.78. The highest BCUT2D eigenvalue weighted by Gasteiger charge is 2.24. The number of aryl methyl sites for hydroxylation is 2. The normalized spacial score (nSPS) is 11.3. The third-order valence-corrected chi connectivity index (χ3v) is 4.65. The van der Waals surface area contributed by atoms with E-state index in [1.165, 1.54) is 27.5 Å². The Hall–Kier alpha value is -1.87. The van der Waals surface area contributed by atoms with Gasteiger partial charge in [0.1, 0.15) is 12.0 Å². The lowest BCUT2D eigenvalue weighted by atomic mass is 10.2. The Labute approximate surface area is 121 Å². The first-order chi connectivity index (χ1) is 9.58. The van der Waals surface area contributed by atoms with Gasteiger partial charge in [0.2, 0.25) is 0 Å². The van der Waals surface area contributed by atoms with E-state index in [2.05, 4.69) is 10.1 Å².